The quantitative estimate of drug-likeness (QED) is 0.516. The molecule has 1 aromatic heterocycles. The van der Waals surface area contributed by atoms with Gasteiger partial charge in [0.25, 0.3) is 5.69 Å². The van der Waals surface area contributed by atoms with Gasteiger partial charge in [0.2, 0.25) is 0 Å². The number of aryl methyl sites for hydroxylation is 1. The van der Waals surface area contributed by atoms with Crippen molar-refractivity contribution in [2.24, 2.45) is 0 Å². The van der Waals surface area contributed by atoms with Crippen LogP contribution in [-0.4, -0.2) is 11.2 Å². The van der Waals surface area contributed by atoms with Gasteiger partial charge in [0, 0.05) is 18.2 Å². The third-order valence-corrected chi connectivity index (χ3v) is 3.70. The maximum atomic E-state index is 11.0. The highest BCUT2D eigenvalue weighted by molar-refractivity contribution is 7.08. The predicted octanol–water partition coefficient (Wildman–Crippen LogP) is 3.39. The molecule has 0 fully saturated rings. The van der Waals surface area contributed by atoms with Gasteiger partial charge >= 0.3 is 0 Å². The highest BCUT2D eigenvalue weighted by Gasteiger charge is 2.14. The number of rotatable bonds is 5. The maximum absolute atomic E-state index is 11.0. The number of carbonyl (C=O) groups excluding carboxylic acids is 1. The number of nitrogens with zero attached hydrogens (tertiary/aromatic N) is 1. The molecule has 6 heteroatoms. The second-order valence-electron chi connectivity index (χ2n) is 4.09. The van der Waals surface area contributed by atoms with Crippen LogP contribution in [0.1, 0.15) is 21.5 Å². The molecule has 0 aliphatic carbocycles. The Morgan fingerprint density at radius 3 is 2.79 bits per heavy atom. The van der Waals surface area contributed by atoms with Gasteiger partial charge < -0.3 is 5.32 Å². The molecule has 0 aliphatic heterocycles. The number of nitro groups is 1. The number of hydrogen-bond acceptors (Lipinski definition) is 5. The van der Waals surface area contributed by atoms with Crippen LogP contribution in [0.25, 0.3) is 0 Å². The Labute approximate surface area is 114 Å². The van der Waals surface area contributed by atoms with Gasteiger partial charge in [-0.05, 0) is 40.9 Å². The first kappa shape index (κ1) is 13.2. The third-order valence-electron chi connectivity index (χ3n) is 2.79. The largest absolute Gasteiger partial charge is 0.375 e. The van der Waals surface area contributed by atoms with E-state index in [0.29, 0.717) is 24.1 Å². The van der Waals surface area contributed by atoms with Crippen LogP contribution in [0.5, 0.6) is 0 Å². The fourth-order valence-electron chi connectivity index (χ4n) is 1.68. The van der Waals surface area contributed by atoms with E-state index in [2.05, 4.69) is 5.32 Å². The summed E-state index contributed by atoms with van der Waals surface area (Å²) < 4.78 is 0. The summed E-state index contributed by atoms with van der Waals surface area (Å²) >= 11 is 1.60. The summed E-state index contributed by atoms with van der Waals surface area (Å²) in [5.41, 5.74) is 2.89. The van der Waals surface area contributed by atoms with Crippen molar-refractivity contribution in [3.63, 3.8) is 0 Å². The van der Waals surface area contributed by atoms with Gasteiger partial charge in [-0.25, -0.2) is 0 Å². The van der Waals surface area contributed by atoms with Crippen molar-refractivity contribution in [2.75, 3.05) is 5.32 Å². The molecule has 0 bridgehead atoms. The zero-order valence-corrected chi connectivity index (χ0v) is 11.1. The van der Waals surface area contributed by atoms with Gasteiger partial charge in [0.1, 0.15) is 12.0 Å². The summed E-state index contributed by atoms with van der Waals surface area (Å²) in [4.78, 5) is 21.1. The molecule has 0 atom stereocenters. The molecule has 1 aromatic carbocycles. The molecule has 1 N–H and O–H groups in total. The lowest BCUT2D eigenvalue weighted by atomic mass is 10.1. The number of nitro benzene ring substituents is 1. The van der Waals surface area contributed by atoms with Gasteiger partial charge in [0.05, 0.1) is 4.92 Å². The number of carbonyl (C=O) groups is 1. The number of hydrogen-bond donors (Lipinski definition) is 1. The Balaban J connectivity index is 2.22. The van der Waals surface area contributed by atoms with Crippen LogP contribution in [0.3, 0.4) is 0 Å². The number of aldehydes is 1. The van der Waals surface area contributed by atoms with Crippen LogP contribution in [-0.2, 0) is 6.54 Å². The number of nitrogens with one attached hydrogen (secondary N) is 1. The van der Waals surface area contributed by atoms with Crippen molar-refractivity contribution < 1.29 is 9.72 Å². The third kappa shape index (κ3) is 2.97. The molecule has 98 valence electrons. The minimum atomic E-state index is -0.490. The summed E-state index contributed by atoms with van der Waals surface area (Å²) in [5.74, 6) is 0. The molecule has 19 heavy (non-hydrogen) atoms. The highest BCUT2D eigenvalue weighted by atomic mass is 32.1. The first-order chi connectivity index (χ1) is 9.11. The highest BCUT2D eigenvalue weighted by Crippen LogP contribution is 2.26. The van der Waals surface area contributed by atoms with E-state index in [-0.39, 0.29) is 5.69 Å². The average Bonchev–Trinajstić information content (AvgIpc) is 2.81. The lowest BCUT2D eigenvalue weighted by Gasteiger charge is -2.07. The molecule has 5 nitrogen and oxygen atoms in total. The second-order valence-corrected chi connectivity index (χ2v) is 4.83. The fourth-order valence-corrected chi connectivity index (χ4v) is 2.54. The molecular formula is C13H12N2O3S. The van der Waals surface area contributed by atoms with Crippen molar-refractivity contribution >= 4 is 29.0 Å². The molecule has 0 amide bonds. The molecular weight excluding hydrogens is 264 g/mol. The topological polar surface area (TPSA) is 72.2 Å². The van der Waals surface area contributed by atoms with E-state index in [1.807, 2.05) is 17.7 Å². The first-order valence-corrected chi connectivity index (χ1v) is 6.55. The van der Waals surface area contributed by atoms with Crippen molar-refractivity contribution in [3.8, 4) is 0 Å². The van der Waals surface area contributed by atoms with Gasteiger partial charge in [-0.3, -0.25) is 14.9 Å². The van der Waals surface area contributed by atoms with E-state index in [1.165, 1.54) is 6.07 Å². The summed E-state index contributed by atoms with van der Waals surface area (Å²) in [6.07, 6.45) is 0.597. The summed E-state index contributed by atoms with van der Waals surface area (Å²) in [5, 5.41) is 18.0. The smallest absolute Gasteiger partial charge is 0.293 e. The lowest BCUT2D eigenvalue weighted by molar-refractivity contribution is -0.384. The van der Waals surface area contributed by atoms with Crippen LogP contribution in [0.4, 0.5) is 11.4 Å². The number of thiophene rings is 1. The van der Waals surface area contributed by atoms with Crippen molar-refractivity contribution in [1.82, 2.24) is 0 Å². The molecule has 0 unspecified atom stereocenters. The Kier molecular flexibility index (Phi) is 3.91. The SMILES string of the molecule is Cc1cscc1CNc1ccc(C=O)cc1[N+](=O)[O-]. The van der Waals surface area contributed by atoms with Crippen LogP contribution in [0, 0.1) is 17.0 Å². The minimum absolute atomic E-state index is 0.0857. The van der Waals surface area contributed by atoms with Gasteiger partial charge in [0.15, 0.2) is 0 Å². The predicted molar refractivity (Wildman–Crippen MR) is 74.9 cm³/mol. The van der Waals surface area contributed by atoms with Crippen LogP contribution < -0.4 is 5.32 Å². The Bertz CT molecular complexity index is 622. The molecule has 0 aliphatic rings. The molecule has 0 spiro atoms. The Hall–Kier alpha value is -2.21. The summed E-state index contributed by atoms with van der Waals surface area (Å²) in [7, 11) is 0. The average molecular weight is 276 g/mol. The van der Waals surface area contributed by atoms with Crippen LogP contribution in [0.2, 0.25) is 0 Å². The van der Waals surface area contributed by atoms with Crippen molar-refractivity contribution in [3.05, 3.63) is 55.8 Å². The zero-order valence-electron chi connectivity index (χ0n) is 10.3. The maximum Gasteiger partial charge on any atom is 0.293 e. The molecule has 0 radical (unpaired) electrons. The molecule has 0 saturated heterocycles. The summed E-state index contributed by atoms with van der Waals surface area (Å²) in [6, 6.07) is 4.39. The Morgan fingerprint density at radius 1 is 1.42 bits per heavy atom. The standard InChI is InChI=1S/C13H12N2O3S/c1-9-7-19-8-11(9)5-14-12-3-2-10(6-16)4-13(12)15(17)18/h2-4,6-8,14H,5H2,1H3. The summed E-state index contributed by atoms with van der Waals surface area (Å²) in [6.45, 7) is 2.52. The zero-order chi connectivity index (χ0) is 13.8. The van der Waals surface area contributed by atoms with E-state index in [0.717, 1.165) is 11.1 Å². The van der Waals surface area contributed by atoms with Crippen LogP contribution >= 0.6 is 11.3 Å². The van der Waals surface area contributed by atoms with E-state index in [4.69, 9.17) is 0 Å². The van der Waals surface area contributed by atoms with E-state index < -0.39 is 4.92 Å². The molecule has 0 saturated carbocycles. The number of benzene rings is 1. The molecule has 1 heterocycles. The van der Waals surface area contributed by atoms with E-state index in [9.17, 15) is 14.9 Å². The monoisotopic (exact) mass is 276 g/mol. The van der Waals surface area contributed by atoms with Gasteiger partial charge in [-0.15, -0.1) is 0 Å². The fraction of sp³-hybridized carbons (Fsp3) is 0.154. The normalized spacial score (nSPS) is 10.2. The van der Waals surface area contributed by atoms with Crippen molar-refractivity contribution in [1.29, 1.82) is 0 Å². The van der Waals surface area contributed by atoms with Crippen LogP contribution in [0.15, 0.2) is 29.0 Å². The molecule has 2 rings (SSSR count). The second kappa shape index (κ2) is 5.62. The van der Waals surface area contributed by atoms with Gasteiger partial charge in [-0.1, -0.05) is 0 Å². The minimum Gasteiger partial charge on any atom is -0.375 e. The molecule has 2 aromatic rings. The first-order valence-electron chi connectivity index (χ1n) is 5.61. The number of anilines is 1. The van der Waals surface area contributed by atoms with E-state index in [1.54, 1.807) is 23.5 Å². The Morgan fingerprint density at radius 2 is 2.21 bits per heavy atom. The van der Waals surface area contributed by atoms with E-state index >= 15 is 0 Å². The van der Waals surface area contributed by atoms with Gasteiger partial charge in [-0.2, -0.15) is 11.3 Å². The van der Waals surface area contributed by atoms with Crippen molar-refractivity contribution in [2.45, 2.75) is 13.5 Å². The lowest BCUT2D eigenvalue weighted by Crippen LogP contribution is -2.03.